The molecule has 0 radical (unpaired) electrons. The highest BCUT2D eigenvalue weighted by molar-refractivity contribution is 7.89. The Morgan fingerprint density at radius 1 is 1.16 bits per heavy atom. The van der Waals surface area contributed by atoms with Gasteiger partial charge in [-0.1, -0.05) is 17.4 Å². The maximum Gasteiger partial charge on any atom is 0.243 e. The number of aromatic nitrogens is 1. The number of piperidine rings is 1. The lowest BCUT2D eigenvalue weighted by molar-refractivity contribution is -0.120. The molecule has 0 aliphatic carbocycles. The number of sulfonamides is 1. The minimum Gasteiger partial charge on any atom is -0.494 e. The van der Waals surface area contributed by atoms with Gasteiger partial charge in [-0.3, -0.25) is 4.79 Å². The van der Waals surface area contributed by atoms with Gasteiger partial charge in [-0.15, -0.1) is 0 Å². The summed E-state index contributed by atoms with van der Waals surface area (Å²) in [5.41, 5.74) is 2.82. The van der Waals surface area contributed by atoms with Gasteiger partial charge in [-0.25, -0.2) is 13.4 Å². The Bertz CT molecular complexity index is 1250. The highest BCUT2D eigenvalue weighted by Crippen LogP contribution is 2.31. The summed E-state index contributed by atoms with van der Waals surface area (Å²) in [5.74, 6) is 0.420. The van der Waals surface area contributed by atoms with Gasteiger partial charge in [0.25, 0.3) is 0 Å². The van der Waals surface area contributed by atoms with E-state index < -0.39 is 10.0 Å². The molecule has 2 aromatic carbocycles. The van der Waals surface area contributed by atoms with Crippen molar-refractivity contribution in [3.05, 3.63) is 47.5 Å². The normalized spacial score (nSPS) is 15.7. The first kappa shape index (κ1) is 22.7. The lowest BCUT2D eigenvalue weighted by Crippen LogP contribution is -2.41. The zero-order valence-corrected chi connectivity index (χ0v) is 20.1. The molecule has 3 aromatic rings. The van der Waals surface area contributed by atoms with Gasteiger partial charge >= 0.3 is 0 Å². The van der Waals surface area contributed by atoms with Gasteiger partial charge in [0, 0.05) is 19.0 Å². The second-order valence-corrected chi connectivity index (χ2v) is 11.0. The highest BCUT2D eigenvalue weighted by Gasteiger charge is 2.32. The van der Waals surface area contributed by atoms with Crippen molar-refractivity contribution in [2.75, 3.05) is 25.0 Å². The third-order valence-electron chi connectivity index (χ3n) is 5.84. The Balaban J connectivity index is 1.39. The Labute approximate surface area is 192 Å². The Morgan fingerprint density at radius 3 is 2.59 bits per heavy atom. The number of nitrogens with zero attached hydrogens (tertiary/aromatic N) is 2. The van der Waals surface area contributed by atoms with Gasteiger partial charge in [0.1, 0.15) is 5.75 Å². The van der Waals surface area contributed by atoms with E-state index in [0.29, 0.717) is 42.6 Å². The predicted octanol–water partition coefficient (Wildman–Crippen LogP) is 4.35. The standard InChI is InChI=1S/C23H27N3O4S2/c1-4-30-18-6-8-20-21(14-18)31-23(24-20)25-22(27)17-9-11-26(12-10-17)32(28,29)19-7-5-15(2)16(3)13-19/h5-8,13-14,17H,4,9-12H2,1-3H3,(H,24,25,27). The first-order valence-electron chi connectivity index (χ1n) is 10.7. The number of hydrogen-bond acceptors (Lipinski definition) is 6. The number of ether oxygens (including phenoxy) is 1. The maximum atomic E-state index is 13.0. The van der Waals surface area contributed by atoms with Crippen LogP contribution < -0.4 is 10.1 Å². The number of nitrogens with one attached hydrogen (secondary N) is 1. The molecule has 7 nitrogen and oxygen atoms in total. The van der Waals surface area contributed by atoms with Crippen molar-refractivity contribution in [2.45, 2.75) is 38.5 Å². The maximum absolute atomic E-state index is 13.0. The van der Waals surface area contributed by atoms with Crippen LogP contribution >= 0.6 is 11.3 Å². The third-order valence-corrected chi connectivity index (χ3v) is 8.67. The molecule has 170 valence electrons. The molecule has 0 saturated carbocycles. The fourth-order valence-electron chi connectivity index (χ4n) is 3.80. The van der Waals surface area contributed by atoms with E-state index in [-0.39, 0.29) is 11.8 Å². The topological polar surface area (TPSA) is 88.6 Å². The van der Waals surface area contributed by atoms with E-state index in [9.17, 15) is 13.2 Å². The van der Waals surface area contributed by atoms with E-state index in [1.54, 1.807) is 12.1 Å². The number of anilines is 1. The molecule has 0 atom stereocenters. The van der Waals surface area contributed by atoms with E-state index in [1.807, 2.05) is 45.0 Å². The fraction of sp³-hybridized carbons (Fsp3) is 0.391. The van der Waals surface area contributed by atoms with E-state index in [0.717, 1.165) is 27.1 Å². The second kappa shape index (κ2) is 9.17. The number of thiazole rings is 1. The summed E-state index contributed by atoms with van der Waals surface area (Å²) >= 11 is 1.40. The van der Waals surface area contributed by atoms with Gasteiger partial charge in [0.15, 0.2) is 5.13 Å². The van der Waals surface area contributed by atoms with Gasteiger partial charge in [0.05, 0.1) is 21.7 Å². The van der Waals surface area contributed by atoms with Gasteiger partial charge in [-0.05, 0) is 75.1 Å². The number of aryl methyl sites for hydroxylation is 2. The Hall–Kier alpha value is -2.49. The minimum absolute atomic E-state index is 0.114. The predicted molar refractivity (Wildman–Crippen MR) is 127 cm³/mol. The minimum atomic E-state index is -3.56. The van der Waals surface area contributed by atoms with Crippen molar-refractivity contribution >= 4 is 42.6 Å². The van der Waals surface area contributed by atoms with E-state index in [4.69, 9.17) is 4.74 Å². The fourth-order valence-corrected chi connectivity index (χ4v) is 6.26. The number of rotatable bonds is 6. The van der Waals surface area contributed by atoms with Crippen LogP contribution in [0.25, 0.3) is 10.2 Å². The molecule has 0 bridgehead atoms. The molecule has 0 spiro atoms. The highest BCUT2D eigenvalue weighted by atomic mass is 32.2. The van der Waals surface area contributed by atoms with Crippen LogP contribution in [0.4, 0.5) is 5.13 Å². The largest absolute Gasteiger partial charge is 0.494 e. The van der Waals surface area contributed by atoms with Crippen LogP contribution in [0.1, 0.15) is 30.9 Å². The van der Waals surface area contributed by atoms with Crippen LogP contribution in [0.5, 0.6) is 5.75 Å². The molecule has 2 heterocycles. The molecule has 1 saturated heterocycles. The van der Waals surface area contributed by atoms with Crippen molar-refractivity contribution in [1.82, 2.24) is 9.29 Å². The summed E-state index contributed by atoms with van der Waals surface area (Å²) < 4.78 is 33.9. The summed E-state index contributed by atoms with van der Waals surface area (Å²) in [6, 6.07) is 10.9. The van der Waals surface area contributed by atoms with Crippen molar-refractivity contribution in [3.8, 4) is 5.75 Å². The van der Waals surface area contributed by atoms with Crippen LogP contribution in [-0.4, -0.2) is 43.3 Å². The molecule has 4 rings (SSSR count). The number of carbonyl (C=O) groups excluding carboxylic acids is 1. The van der Waals surface area contributed by atoms with Crippen molar-refractivity contribution in [2.24, 2.45) is 5.92 Å². The Kier molecular flexibility index (Phi) is 6.50. The Morgan fingerprint density at radius 2 is 1.91 bits per heavy atom. The molecule has 9 heteroatoms. The van der Waals surface area contributed by atoms with Crippen LogP contribution in [-0.2, 0) is 14.8 Å². The monoisotopic (exact) mass is 473 g/mol. The lowest BCUT2D eigenvalue weighted by atomic mass is 9.97. The van der Waals surface area contributed by atoms with E-state index >= 15 is 0 Å². The summed E-state index contributed by atoms with van der Waals surface area (Å²) in [5, 5.41) is 3.46. The van der Waals surface area contributed by atoms with Gasteiger partial charge in [-0.2, -0.15) is 4.31 Å². The van der Waals surface area contributed by atoms with Crippen LogP contribution in [0.3, 0.4) is 0 Å². The van der Waals surface area contributed by atoms with E-state index in [2.05, 4.69) is 10.3 Å². The first-order valence-corrected chi connectivity index (χ1v) is 12.9. The first-order chi connectivity index (χ1) is 15.3. The second-order valence-electron chi connectivity index (χ2n) is 8.00. The zero-order chi connectivity index (χ0) is 22.9. The van der Waals surface area contributed by atoms with Crippen LogP contribution in [0, 0.1) is 19.8 Å². The summed E-state index contributed by atoms with van der Waals surface area (Å²) in [6.45, 7) is 7.03. The van der Waals surface area contributed by atoms with Crippen LogP contribution in [0.15, 0.2) is 41.3 Å². The molecule has 1 aliphatic heterocycles. The molecule has 1 aliphatic rings. The molecule has 1 amide bonds. The number of carbonyl (C=O) groups is 1. The van der Waals surface area contributed by atoms with Gasteiger partial charge in [0.2, 0.25) is 15.9 Å². The molecule has 0 unspecified atom stereocenters. The molecule has 32 heavy (non-hydrogen) atoms. The van der Waals surface area contributed by atoms with Crippen molar-refractivity contribution in [1.29, 1.82) is 0 Å². The lowest BCUT2D eigenvalue weighted by Gasteiger charge is -2.30. The zero-order valence-electron chi connectivity index (χ0n) is 18.4. The number of fused-ring (bicyclic) bond motifs is 1. The average molecular weight is 474 g/mol. The molecular weight excluding hydrogens is 446 g/mol. The SMILES string of the molecule is CCOc1ccc2nc(NC(=O)C3CCN(S(=O)(=O)c4ccc(C)c(C)c4)CC3)sc2c1. The summed E-state index contributed by atoms with van der Waals surface area (Å²) in [6.07, 6.45) is 0.963. The average Bonchev–Trinajstić information content (AvgIpc) is 3.17. The quantitative estimate of drug-likeness (QED) is 0.575. The number of amides is 1. The summed E-state index contributed by atoms with van der Waals surface area (Å²) in [7, 11) is -3.56. The third kappa shape index (κ3) is 4.65. The smallest absolute Gasteiger partial charge is 0.243 e. The van der Waals surface area contributed by atoms with E-state index in [1.165, 1.54) is 15.6 Å². The van der Waals surface area contributed by atoms with Crippen molar-refractivity contribution in [3.63, 3.8) is 0 Å². The summed E-state index contributed by atoms with van der Waals surface area (Å²) in [4.78, 5) is 17.6. The molecule has 1 aromatic heterocycles. The number of hydrogen-bond donors (Lipinski definition) is 1. The molecule has 1 N–H and O–H groups in total. The van der Waals surface area contributed by atoms with Crippen molar-refractivity contribution < 1.29 is 17.9 Å². The van der Waals surface area contributed by atoms with Crippen LogP contribution in [0.2, 0.25) is 0 Å². The molecule has 1 fully saturated rings. The van der Waals surface area contributed by atoms with Gasteiger partial charge < -0.3 is 10.1 Å². The molecular formula is C23H27N3O4S2. The number of benzene rings is 2.